The number of amides is 1. The molecule has 0 saturated carbocycles. The summed E-state index contributed by atoms with van der Waals surface area (Å²) in [6.07, 6.45) is 4.86. The molecule has 9 heteroatoms. The number of sulfonamides is 1. The van der Waals surface area contributed by atoms with Crippen LogP contribution in [0.5, 0.6) is 5.75 Å². The molecule has 0 radical (unpaired) electrons. The number of pyridine rings is 1. The van der Waals surface area contributed by atoms with Gasteiger partial charge in [-0.15, -0.1) is 0 Å². The van der Waals surface area contributed by atoms with Gasteiger partial charge in [-0.1, -0.05) is 0 Å². The third-order valence-electron chi connectivity index (χ3n) is 3.91. The number of hydrogen-bond acceptors (Lipinski definition) is 6. The molecule has 24 heavy (non-hydrogen) atoms. The highest BCUT2D eigenvalue weighted by atomic mass is 32.2. The van der Waals surface area contributed by atoms with E-state index in [0.717, 1.165) is 11.8 Å². The van der Waals surface area contributed by atoms with E-state index in [9.17, 15) is 13.2 Å². The Morgan fingerprint density at radius 3 is 2.88 bits per heavy atom. The van der Waals surface area contributed by atoms with Crippen molar-refractivity contribution in [2.45, 2.75) is 25.4 Å². The number of nitrogens with one attached hydrogen (secondary N) is 1. The molecule has 1 aliphatic heterocycles. The highest BCUT2D eigenvalue weighted by Crippen LogP contribution is 2.20. The van der Waals surface area contributed by atoms with E-state index in [4.69, 9.17) is 9.47 Å². The van der Waals surface area contributed by atoms with Gasteiger partial charge in [0.15, 0.2) is 6.61 Å². The fourth-order valence-corrected chi connectivity index (χ4v) is 3.60. The van der Waals surface area contributed by atoms with Gasteiger partial charge in [-0.3, -0.25) is 9.78 Å². The minimum Gasteiger partial charge on any atom is -0.482 e. The fourth-order valence-electron chi connectivity index (χ4n) is 2.78. The molecule has 1 aromatic heterocycles. The number of nitrogens with zero attached hydrogens (tertiary/aromatic N) is 2. The van der Waals surface area contributed by atoms with E-state index in [0.29, 0.717) is 18.7 Å². The van der Waals surface area contributed by atoms with Crippen molar-refractivity contribution in [3.8, 4) is 5.75 Å². The number of rotatable bonds is 7. The summed E-state index contributed by atoms with van der Waals surface area (Å²) in [4.78, 5) is 18.1. The first-order chi connectivity index (χ1) is 11.3. The van der Waals surface area contributed by atoms with Crippen molar-refractivity contribution in [3.05, 3.63) is 24.0 Å². The molecule has 0 aromatic carbocycles. The second-order valence-corrected chi connectivity index (χ2v) is 7.60. The van der Waals surface area contributed by atoms with E-state index in [2.05, 4.69) is 9.71 Å². The average Bonchev–Trinajstić information content (AvgIpc) is 2.87. The molecule has 0 bridgehead atoms. The molecule has 2 atom stereocenters. The van der Waals surface area contributed by atoms with E-state index in [-0.39, 0.29) is 31.2 Å². The maximum Gasteiger partial charge on any atom is 0.260 e. The number of ether oxygens (including phenoxy) is 2. The van der Waals surface area contributed by atoms with E-state index >= 15 is 0 Å². The first-order valence-corrected chi connectivity index (χ1v) is 9.50. The summed E-state index contributed by atoms with van der Waals surface area (Å²) in [7, 11) is -1.83. The second-order valence-electron chi connectivity index (χ2n) is 5.82. The number of likely N-dealkylation sites (tertiary alicyclic amines) is 1. The van der Waals surface area contributed by atoms with Crippen LogP contribution < -0.4 is 9.46 Å². The first kappa shape index (κ1) is 18.6. The highest BCUT2D eigenvalue weighted by Gasteiger charge is 2.38. The van der Waals surface area contributed by atoms with Gasteiger partial charge in [0.2, 0.25) is 10.0 Å². The minimum absolute atomic E-state index is 0.127. The lowest BCUT2D eigenvalue weighted by atomic mass is 10.1. The Bertz CT molecular complexity index is 679. The normalized spacial score (nSPS) is 21.0. The molecule has 1 saturated heterocycles. The Morgan fingerprint density at radius 1 is 1.50 bits per heavy atom. The molecule has 2 heterocycles. The van der Waals surface area contributed by atoms with Crippen molar-refractivity contribution in [3.63, 3.8) is 0 Å². The molecule has 1 N–H and O–H groups in total. The molecule has 8 nitrogen and oxygen atoms in total. The Balaban J connectivity index is 2.01. The van der Waals surface area contributed by atoms with Gasteiger partial charge in [0.1, 0.15) is 5.75 Å². The van der Waals surface area contributed by atoms with Crippen LogP contribution in [-0.4, -0.2) is 69.4 Å². The van der Waals surface area contributed by atoms with Crippen molar-refractivity contribution in [1.82, 2.24) is 14.6 Å². The molecule has 0 spiro atoms. The van der Waals surface area contributed by atoms with Crippen molar-refractivity contribution in [2.24, 2.45) is 0 Å². The highest BCUT2D eigenvalue weighted by molar-refractivity contribution is 7.88. The van der Waals surface area contributed by atoms with Crippen molar-refractivity contribution >= 4 is 15.9 Å². The molecule has 1 fully saturated rings. The van der Waals surface area contributed by atoms with Crippen molar-refractivity contribution in [1.29, 1.82) is 0 Å². The summed E-state index contributed by atoms with van der Waals surface area (Å²) < 4.78 is 36.2. The van der Waals surface area contributed by atoms with Crippen LogP contribution in [0.2, 0.25) is 0 Å². The Hall–Kier alpha value is -1.71. The monoisotopic (exact) mass is 357 g/mol. The van der Waals surface area contributed by atoms with Crippen LogP contribution in [0.3, 0.4) is 0 Å². The third-order valence-corrected chi connectivity index (χ3v) is 4.64. The predicted molar refractivity (Wildman–Crippen MR) is 88.2 cm³/mol. The number of carbonyl (C=O) groups is 1. The van der Waals surface area contributed by atoms with Crippen LogP contribution in [0, 0.1) is 6.92 Å². The van der Waals surface area contributed by atoms with Gasteiger partial charge in [-0.05, 0) is 25.0 Å². The van der Waals surface area contributed by atoms with Gasteiger partial charge in [-0.25, -0.2) is 13.1 Å². The van der Waals surface area contributed by atoms with E-state index in [1.807, 2.05) is 6.92 Å². The van der Waals surface area contributed by atoms with E-state index < -0.39 is 10.0 Å². The van der Waals surface area contributed by atoms with Crippen molar-refractivity contribution in [2.75, 3.05) is 33.1 Å². The maximum absolute atomic E-state index is 12.5. The number of aryl methyl sites for hydroxylation is 1. The van der Waals surface area contributed by atoms with E-state index in [1.54, 1.807) is 23.4 Å². The number of aromatic nitrogens is 1. The molecule has 2 rings (SSSR count). The second kappa shape index (κ2) is 7.91. The summed E-state index contributed by atoms with van der Waals surface area (Å²) in [6.45, 7) is 2.45. The SMILES string of the molecule is COC[C@H]1[C@@H](NS(C)(=O)=O)CCN1C(=O)COc1cnccc1C. The zero-order valence-corrected chi connectivity index (χ0v) is 14.9. The molecular formula is C15H23N3O5S. The van der Waals surface area contributed by atoms with Crippen LogP contribution in [0.15, 0.2) is 18.5 Å². The van der Waals surface area contributed by atoms with Crippen LogP contribution in [-0.2, 0) is 19.6 Å². The van der Waals surface area contributed by atoms with Gasteiger partial charge in [0, 0.05) is 25.9 Å². The smallest absolute Gasteiger partial charge is 0.260 e. The Kier molecular flexibility index (Phi) is 6.14. The minimum atomic E-state index is -3.35. The number of methoxy groups -OCH3 is 1. The standard InChI is InChI=1S/C15H23N3O5S/c1-11-4-6-16-8-14(11)23-10-15(19)18-7-5-12(13(18)9-22-2)17-24(3,20)21/h4,6,8,12-13,17H,5,7,9-10H2,1-3H3/t12-,13-/m0/s1. The number of hydrogen-bond donors (Lipinski definition) is 1. The average molecular weight is 357 g/mol. The fraction of sp³-hybridized carbons (Fsp3) is 0.600. The van der Waals surface area contributed by atoms with Crippen LogP contribution in [0.25, 0.3) is 0 Å². The van der Waals surface area contributed by atoms with Gasteiger partial charge in [-0.2, -0.15) is 0 Å². The molecule has 1 aromatic rings. The number of carbonyl (C=O) groups excluding carboxylic acids is 1. The Morgan fingerprint density at radius 2 is 2.25 bits per heavy atom. The summed E-state index contributed by atoms with van der Waals surface area (Å²) in [6, 6.07) is 1.09. The zero-order chi connectivity index (χ0) is 17.7. The largest absolute Gasteiger partial charge is 0.482 e. The Labute approximate surface area is 142 Å². The lowest BCUT2D eigenvalue weighted by molar-refractivity contribution is -0.135. The topological polar surface area (TPSA) is 97.8 Å². The molecule has 134 valence electrons. The zero-order valence-electron chi connectivity index (χ0n) is 14.1. The lowest BCUT2D eigenvalue weighted by Gasteiger charge is -2.27. The third kappa shape index (κ3) is 4.89. The summed E-state index contributed by atoms with van der Waals surface area (Å²) in [5.74, 6) is 0.345. The van der Waals surface area contributed by atoms with Gasteiger partial charge in [0.25, 0.3) is 5.91 Å². The molecule has 1 amide bonds. The molecule has 1 aliphatic rings. The van der Waals surface area contributed by atoms with Crippen LogP contribution >= 0.6 is 0 Å². The molecular weight excluding hydrogens is 334 g/mol. The van der Waals surface area contributed by atoms with E-state index in [1.165, 1.54) is 7.11 Å². The van der Waals surface area contributed by atoms with Gasteiger partial charge >= 0.3 is 0 Å². The summed E-state index contributed by atoms with van der Waals surface area (Å²) >= 11 is 0. The first-order valence-electron chi connectivity index (χ1n) is 7.61. The molecule has 0 aliphatic carbocycles. The van der Waals surface area contributed by atoms with Crippen molar-refractivity contribution < 1.29 is 22.7 Å². The predicted octanol–water partition coefficient (Wildman–Crippen LogP) is -0.0661. The quantitative estimate of drug-likeness (QED) is 0.734. The van der Waals surface area contributed by atoms with Crippen LogP contribution in [0.4, 0.5) is 0 Å². The summed E-state index contributed by atoms with van der Waals surface area (Å²) in [5, 5.41) is 0. The summed E-state index contributed by atoms with van der Waals surface area (Å²) in [5.41, 5.74) is 0.893. The van der Waals surface area contributed by atoms with Gasteiger partial charge in [0.05, 0.1) is 25.1 Å². The van der Waals surface area contributed by atoms with Crippen LogP contribution in [0.1, 0.15) is 12.0 Å². The molecule has 0 unspecified atom stereocenters. The van der Waals surface area contributed by atoms with Gasteiger partial charge < -0.3 is 14.4 Å². The lowest BCUT2D eigenvalue weighted by Crippen LogP contribution is -2.49. The maximum atomic E-state index is 12.5.